The van der Waals surface area contributed by atoms with Gasteiger partial charge in [-0.3, -0.25) is 14.9 Å². The molecule has 152 valence electrons. The topological polar surface area (TPSA) is 165 Å². The first-order valence-electron chi connectivity index (χ1n) is 8.88. The number of anilines is 2. The fourth-order valence-corrected chi connectivity index (χ4v) is 2.43. The van der Waals surface area contributed by atoms with Gasteiger partial charge in [-0.15, -0.1) is 0 Å². The Morgan fingerprint density at radius 1 is 1.17 bits per heavy atom. The van der Waals surface area contributed by atoms with E-state index in [9.17, 15) is 14.4 Å². The molecule has 2 rings (SSSR count). The SMILES string of the molecule is CC(C)CC(NC(=O)c1ccc(NC(=O)Nc2ncn[nH]2)cc1)C(=O)NCC#N. The lowest BCUT2D eigenvalue weighted by atomic mass is 10.0. The molecule has 29 heavy (non-hydrogen) atoms. The number of H-pyrrole nitrogens is 1. The van der Waals surface area contributed by atoms with Crippen LogP contribution in [0.4, 0.5) is 16.4 Å². The number of hydrogen-bond acceptors (Lipinski definition) is 6. The van der Waals surface area contributed by atoms with Gasteiger partial charge in [0, 0.05) is 11.3 Å². The number of nitriles is 1. The molecule has 0 spiro atoms. The molecule has 0 radical (unpaired) electrons. The van der Waals surface area contributed by atoms with Crippen LogP contribution in [0.3, 0.4) is 0 Å². The van der Waals surface area contributed by atoms with E-state index in [4.69, 9.17) is 5.26 Å². The zero-order valence-electron chi connectivity index (χ0n) is 16.0. The molecule has 1 aromatic heterocycles. The number of carbonyl (C=O) groups excluding carboxylic acids is 3. The van der Waals surface area contributed by atoms with Crippen LogP contribution in [0.1, 0.15) is 30.6 Å². The molecule has 0 saturated heterocycles. The maximum absolute atomic E-state index is 12.5. The molecule has 0 fully saturated rings. The van der Waals surface area contributed by atoms with E-state index in [1.807, 2.05) is 19.9 Å². The second-order valence-electron chi connectivity index (χ2n) is 6.52. The summed E-state index contributed by atoms with van der Waals surface area (Å²) in [6.07, 6.45) is 1.70. The fourth-order valence-electron chi connectivity index (χ4n) is 2.43. The number of aromatic amines is 1. The lowest BCUT2D eigenvalue weighted by Gasteiger charge is -2.19. The number of nitrogens with one attached hydrogen (secondary N) is 5. The predicted molar refractivity (Wildman–Crippen MR) is 105 cm³/mol. The van der Waals surface area contributed by atoms with E-state index in [0.717, 1.165) is 0 Å². The molecule has 0 aliphatic heterocycles. The molecule has 1 heterocycles. The second-order valence-corrected chi connectivity index (χ2v) is 6.52. The maximum atomic E-state index is 12.5. The summed E-state index contributed by atoms with van der Waals surface area (Å²) in [5.41, 5.74) is 0.789. The molecule has 0 aliphatic carbocycles. The highest BCUT2D eigenvalue weighted by atomic mass is 16.2. The monoisotopic (exact) mass is 398 g/mol. The van der Waals surface area contributed by atoms with Crippen molar-refractivity contribution in [1.82, 2.24) is 25.8 Å². The van der Waals surface area contributed by atoms with Crippen molar-refractivity contribution in [1.29, 1.82) is 5.26 Å². The Morgan fingerprint density at radius 3 is 2.48 bits per heavy atom. The number of nitrogens with zero attached hydrogens (tertiary/aromatic N) is 3. The third-order valence-electron chi connectivity index (χ3n) is 3.72. The van der Waals surface area contributed by atoms with Gasteiger partial charge in [-0.1, -0.05) is 13.8 Å². The summed E-state index contributed by atoms with van der Waals surface area (Å²) in [6.45, 7) is 3.74. The molecular formula is C18H22N8O3. The zero-order chi connectivity index (χ0) is 21.2. The summed E-state index contributed by atoms with van der Waals surface area (Å²) in [5.74, 6) is -0.469. The maximum Gasteiger partial charge on any atom is 0.326 e. The minimum atomic E-state index is -0.749. The summed E-state index contributed by atoms with van der Waals surface area (Å²) < 4.78 is 0. The largest absolute Gasteiger partial charge is 0.341 e. The van der Waals surface area contributed by atoms with Gasteiger partial charge in [-0.25, -0.2) is 9.89 Å². The third-order valence-corrected chi connectivity index (χ3v) is 3.72. The predicted octanol–water partition coefficient (Wildman–Crippen LogP) is 1.23. The van der Waals surface area contributed by atoms with Crippen LogP contribution < -0.4 is 21.3 Å². The molecule has 1 unspecified atom stereocenters. The van der Waals surface area contributed by atoms with Crippen LogP contribution >= 0.6 is 0 Å². The number of rotatable bonds is 8. The summed E-state index contributed by atoms with van der Waals surface area (Å²) in [6, 6.07) is 6.73. The Morgan fingerprint density at radius 2 is 1.90 bits per heavy atom. The van der Waals surface area contributed by atoms with Gasteiger partial charge < -0.3 is 16.0 Å². The molecule has 4 amide bonds. The quantitative estimate of drug-likeness (QED) is 0.420. The lowest BCUT2D eigenvalue weighted by molar-refractivity contribution is -0.123. The van der Waals surface area contributed by atoms with Crippen molar-refractivity contribution in [3.05, 3.63) is 36.2 Å². The average Bonchev–Trinajstić information content (AvgIpc) is 3.18. The van der Waals surface area contributed by atoms with Crippen LogP contribution in [-0.4, -0.2) is 45.6 Å². The Hall–Kier alpha value is -3.94. The number of aromatic nitrogens is 3. The summed E-state index contributed by atoms with van der Waals surface area (Å²) in [7, 11) is 0. The van der Waals surface area contributed by atoms with E-state index >= 15 is 0 Å². The van der Waals surface area contributed by atoms with Crippen LogP contribution in [0.15, 0.2) is 30.6 Å². The molecule has 2 aromatic rings. The molecule has 11 heteroatoms. The van der Waals surface area contributed by atoms with Crippen LogP contribution in [-0.2, 0) is 4.79 Å². The molecular weight excluding hydrogens is 376 g/mol. The first kappa shape index (κ1) is 21.4. The van der Waals surface area contributed by atoms with Crippen LogP contribution in [0.25, 0.3) is 0 Å². The number of carbonyl (C=O) groups is 3. The van der Waals surface area contributed by atoms with Crippen molar-refractivity contribution in [2.24, 2.45) is 5.92 Å². The highest BCUT2D eigenvalue weighted by molar-refractivity contribution is 6.00. The van der Waals surface area contributed by atoms with E-state index in [1.165, 1.54) is 18.5 Å². The number of benzene rings is 1. The minimum Gasteiger partial charge on any atom is -0.341 e. The highest BCUT2D eigenvalue weighted by Crippen LogP contribution is 2.12. The Bertz CT molecular complexity index is 872. The average molecular weight is 398 g/mol. The Kier molecular flexibility index (Phi) is 7.67. The van der Waals surface area contributed by atoms with Crippen molar-refractivity contribution >= 4 is 29.5 Å². The van der Waals surface area contributed by atoms with E-state index in [-0.39, 0.29) is 18.4 Å². The summed E-state index contributed by atoms with van der Waals surface area (Å²) >= 11 is 0. The third kappa shape index (κ3) is 6.94. The van der Waals surface area contributed by atoms with Gasteiger partial charge in [0.1, 0.15) is 18.9 Å². The number of urea groups is 1. The number of hydrogen-bond donors (Lipinski definition) is 5. The molecule has 0 saturated carbocycles. The van der Waals surface area contributed by atoms with Crippen molar-refractivity contribution in [2.75, 3.05) is 17.2 Å². The standard InChI is InChI=1S/C18H22N8O3/c1-11(2)9-14(16(28)20-8-7-19)24-15(27)12-3-5-13(6-4-12)23-18(29)25-17-21-10-22-26-17/h3-6,10-11,14H,8-9H2,1-2H3,(H,20,28)(H,24,27)(H3,21,22,23,25,26,29). The first-order valence-corrected chi connectivity index (χ1v) is 8.88. The molecule has 11 nitrogen and oxygen atoms in total. The van der Waals surface area contributed by atoms with E-state index in [0.29, 0.717) is 17.7 Å². The van der Waals surface area contributed by atoms with Gasteiger partial charge in [-0.2, -0.15) is 15.3 Å². The van der Waals surface area contributed by atoms with Gasteiger partial charge in [0.25, 0.3) is 5.91 Å². The minimum absolute atomic E-state index is 0.125. The van der Waals surface area contributed by atoms with Crippen LogP contribution in [0.5, 0.6) is 0 Å². The summed E-state index contributed by atoms with van der Waals surface area (Å²) in [4.78, 5) is 40.3. The normalized spacial score (nSPS) is 11.2. The number of amides is 4. The Balaban J connectivity index is 1.96. The van der Waals surface area contributed by atoms with Crippen molar-refractivity contribution < 1.29 is 14.4 Å². The molecule has 1 atom stereocenters. The molecule has 1 aromatic carbocycles. The molecule has 5 N–H and O–H groups in total. The van der Waals surface area contributed by atoms with Gasteiger partial charge >= 0.3 is 6.03 Å². The van der Waals surface area contributed by atoms with E-state index < -0.39 is 23.9 Å². The zero-order valence-corrected chi connectivity index (χ0v) is 16.0. The lowest BCUT2D eigenvalue weighted by Crippen LogP contribution is -2.47. The van der Waals surface area contributed by atoms with E-state index in [1.54, 1.807) is 12.1 Å². The smallest absolute Gasteiger partial charge is 0.326 e. The van der Waals surface area contributed by atoms with Gasteiger partial charge in [0.15, 0.2) is 0 Å². The Labute approximate surface area is 167 Å². The van der Waals surface area contributed by atoms with Crippen molar-refractivity contribution in [3.8, 4) is 6.07 Å². The van der Waals surface area contributed by atoms with Crippen LogP contribution in [0, 0.1) is 17.2 Å². The molecule has 0 aliphatic rings. The fraction of sp³-hybridized carbons (Fsp3) is 0.333. The first-order chi connectivity index (χ1) is 13.9. The molecule has 0 bridgehead atoms. The van der Waals surface area contributed by atoms with Gasteiger partial charge in [-0.05, 0) is 36.6 Å². The van der Waals surface area contributed by atoms with Gasteiger partial charge in [0.05, 0.1) is 6.07 Å². The second kappa shape index (κ2) is 10.4. The van der Waals surface area contributed by atoms with Gasteiger partial charge in [0.2, 0.25) is 11.9 Å². The van der Waals surface area contributed by atoms with Crippen LogP contribution in [0.2, 0.25) is 0 Å². The van der Waals surface area contributed by atoms with Crippen molar-refractivity contribution in [2.45, 2.75) is 26.3 Å². The van der Waals surface area contributed by atoms with Crippen molar-refractivity contribution in [3.63, 3.8) is 0 Å². The summed E-state index contributed by atoms with van der Waals surface area (Å²) in [5, 5.41) is 24.9. The van der Waals surface area contributed by atoms with E-state index in [2.05, 4.69) is 36.4 Å². The highest BCUT2D eigenvalue weighted by Gasteiger charge is 2.22.